The van der Waals surface area contributed by atoms with Gasteiger partial charge < -0.3 is 10.2 Å². The van der Waals surface area contributed by atoms with E-state index in [-0.39, 0.29) is 18.4 Å². The summed E-state index contributed by atoms with van der Waals surface area (Å²) in [7, 11) is 0. The molecule has 1 fully saturated rings. The molecular weight excluding hydrogens is 234 g/mol. The van der Waals surface area contributed by atoms with Gasteiger partial charge in [0.2, 0.25) is 0 Å². The van der Waals surface area contributed by atoms with E-state index in [1.165, 1.54) is 0 Å². The first kappa shape index (κ1) is 11.5. The fourth-order valence-electron chi connectivity index (χ4n) is 1.80. The highest BCUT2D eigenvalue weighted by molar-refractivity contribution is 5.90. The molecule has 0 heterocycles. The Morgan fingerprint density at radius 3 is 2.12 bits per heavy atom. The highest BCUT2D eigenvalue weighted by Gasteiger charge is 2.53. The second kappa shape index (κ2) is 3.51. The van der Waals surface area contributed by atoms with Crippen LogP contribution in [0.25, 0.3) is 0 Å². The van der Waals surface area contributed by atoms with E-state index in [0.29, 0.717) is 6.07 Å². The van der Waals surface area contributed by atoms with Crippen molar-refractivity contribution in [1.29, 1.82) is 0 Å². The van der Waals surface area contributed by atoms with Crippen LogP contribution >= 0.6 is 0 Å². The summed E-state index contributed by atoms with van der Waals surface area (Å²) in [6, 6.07) is 1.19. The molecule has 2 rings (SSSR count). The van der Waals surface area contributed by atoms with Crippen molar-refractivity contribution in [3.8, 4) is 0 Å². The van der Waals surface area contributed by atoms with Crippen LogP contribution in [-0.2, 0) is 10.2 Å². The Hall–Kier alpha value is -1.98. The summed E-state index contributed by atoms with van der Waals surface area (Å²) in [5.74, 6) is -5.00. The monoisotopic (exact) mass is 242 g/mol. The van der Waals surface area contributed by atoms with Crippen molar-refractivity contribution in [2.75, 3.05) is 0 Å². The lowest BCUT2D eigenvalue weighted by Crippen LogP contribution is -2.22. The van der Waals surface area contributed by atoms with Crippen LogP contribution < -0.4 is 0 Å². The van der Waals surface area contributed by atoms with E-state index in [1.807, 2.05) is 0 Å². The van der Waals surface area contributed by atoms with Gasteiger partial charge in [-0.25, -0.2) is 13.6 Å². The molecule has 0 spiro atoms. The number of aromatic carboxylic acids is 1. The maximum Gasteiger partial charge on any atom is 0.338 e. The quantitative estimate of drug-likeness (QED) is 0.847. The first-order chi connectivity index (χ1) is 7.88. The maximum atomic E-state index is 13.5. The third-order valence-corrected chi connectivity index (χ3v) is 2.96. The van der Waals surface area contributed by atoms with E-state index in [4.69, 9.17) is 10.2 Å². The molecule has 1 aliphatic rings. The fraction of sp³-hybridized carbons (Fsp3) is 0.273. The van der Waals surface area contributed by atoms with Crippen molar-refractivity contribution in [3.05, 3.63) is 34.9 Å². The van der Waals surface area contributed by atoms with E-state index in [2.05, 4.69) is 0 Å². The lowest BCUT2D eigenvalue weighted by Gasteiger charge is -2.12. The van der Waals surface area contributed by atoms with E-state index < -0.39 is 34.6 Å². The fourth-order valence-corrected chi connectivity index (χ4v) is 1.80. The molecule has 0 bridgehead atoms. The molecule has 4 nitrogen and oxygen atoms in total. The smallest absolute Gasteiger partial charge is 0.338 e. The third kappa shape index (κ3) is 1.65. The number of halogens is 2. The Kier molecular flexibility index (Phi) is 2.38. The Morgan fingerprint density at radius 1 is 1.12 bits per heavy atom. The molecule has 0 amide bonds. The molecule has 0 unspecified atom stereocenters. The van der Waals surface area contributed by atoms with Crippen LogP contribution in [0.3, 0.4) is 0 Å². The zero-order chi connectivity index (χ0) is 12.8. The summed E-state index contributed by atoms with van der Waals surface area (Å²) < 4.78 is 26.6. The van der Waals surface area contributed by atoms with Gasteiger partial charge in [-0.3, -0.25) is 4.79 Å². The molecule has 0 saturated heterocycles. The second-order valence-electron chi connectivity index (χ2n) is 4.00. The molecule has 6 heteroatoms. The first-order valence-electron chi connectivity index (χ1n) is 4.85. The summed E-state index contributed by atoms with van der Waals surface area (Å²) in [4.78, 5) is 21.7. The molecule has 1 aromatic rings. The SMILES string of the molecule is O=C(O)c1cc(C2(C(=O)O)CC2)c(F)cc1F. The molecule has 0 aliphatic heterocycles. The Balaban J connectivity index is 2.59. The van der Waals surface area contributed by atoms with Gasteiger partial charge in [0.25, 0.3) is 0 Å². The van der Waals surface area contributed by atoms with E-state index in [1.54, 1.807) is 0 Å². The number of carboxylic acids is 2. The molecule has 90 valence electrons. The Labute approximate surface area is 94.5 Å². The molecule has 0 atom stereocenters. The third-order valence-electron chi connectivity index (χ3n) is 2.96. The van der Waals surface area contributed by atoms with Crippen molar-refractivity contribution in [1.82, 2.24) is 0 Å². The highest BCUT2D eigenvalue weighted by atomic mass is 19.1. The predicted octanol–water partition coefficient (Wildman–Crippen LogP) is 1.78. The van der Waals surface area contributed by atoms with Crippen molar-refractivity contribution < 1.29 is 28.6 Å². The van der Waals surface area contributed by atoms with Crippen LogP contribution in [0, 0.1) is 11.6 Å². The number of aliphatic carboxylic acids is 1. The highest BCUT2D eigenvalue weighted by Crippen LogP contribution is 2.49. The molecule has 1 aromatic carbocycles. The van der Waals surface area contributed by atoms with E-state index in [9.17, 15) is 18.4 Å². The van der Waals surface area contributed by atoms with Gasteiger partial charge in [-0.15, -0.1) is 0 Å². The van der Waals surface area contributed by atoms with Crippen LogP contribution in [-0.4, -0.2) is 22.2 Å². The predicted molar refractivity (Wildman–Crippen MR) is 51.9 cm³/mol. The van der Waals surface area contributed by atoms with Crippen molar-refractivity contribution in [2.24, 2.45) is 0 Å². The molecule has 2 N–H and O–H groups in total. The van der Waals surface area contributed by atoms with Crippen LogP contribution in [0.4, 0.5) is 8.78 Å². The number of carbonyl (C=O) groups is 2. The molecule has 17 heavy (non-hydrogen) atoms. The maximum absolute atomic E-state index is 13.5. The first-order valence-corrected chi connectivity index (χ1v) is 4.85. The molecule has 1 aliphatic carbocycles. The van der Waals surface area contributed by atoms with Gasteiger partial charge in [-0.1, -0.05) is 0 Å². The molecule has 0 radical (unpaired) electrons. The summed E-state index contributed by atoms with van der Waals surface area (Å²) in [6.07, 6.45) is 0.452. The Bertz CT molecular complexity index is 520. The lowest BCUT2D eigenvalue weighted by atomic mass is 9.93. The normalized spacial score (nSPS) is 16.6. The minimum atomic E-state index is -1.55. The molecule has 1 saturated carbocycles. The van der Waals surface area contributed by atoms with Crippen LogP contribution in [0.5, 0.6) is 0 Å². The van der Waals surface area contributed by atoms with Crippen molar-refractivity contribution in [2.45, 2.75) is 18.3 Å². The standard InChI is InChI=1S/C11H8F2O4/c12-7-4-8(13)6(3-5(7)9(14)15)11(1-2-11)10(16)17/h3-4H,1-2H2,(H,14,15)(H,16,17). The topological polar surface area (TPSA) is 74.6 Å². The van der Waals surface area contributed by atoms with Gasteiger partial charge in [0.15, 0.2) is 0 Å². The molecular formula is C11H8F2O4. The summed E-state index contributed by atoms with van der Waals surface area (Å²) in [5, 5.41) is 17.7. The Morgan fingerprint density at radius 2 is 1.71 bits per heavy atom. The summed E-state index contributed by atoms with van der Waals surface area (Å²) >= 11 is 0. The van der Waals surface area contributed by atoms with Crippen LogP contribution in [0.15, 0.2) is 12.1 Å². The lowest BCUT2D eigenvalue weighted by molar-refractivity contribution is -0.140. The van der Waals surface area contributed by atoms with Gasteiger partial charge in [0, 0.05) is 11.6 Å². The van der Waals surface area contributed by atoms with Crippen molar-refractivity contribution >= 4 is 11.9 Å². The van der Waals surface area contributed by atoms with Crippen LogP contribution in [0.1, 0.15) is 28.8 Å². The minimum Gasteiger partial charge on any atom is -0.481 e. The molecule has 0 aromatic heterocycles. The second-order valence-corrected chi connectivity index (χ2v) is 4.00. The number of hydrogen-bond acceptors (Lipinski definition) is 2. The van der Waals surface area contributed by atoms with Crippen LogP contribution in [0.2, 0.25) is 0 Å². The zero-order valence-corrected chi connectivity index (χ0v) is 8.54. The number of benzene rings is 1. The van der Waals surface area contributed by atoms with Gasteiger partial charge >= 0.3 is 11.9 Å². The zero-order valence-electron chi connectivity index (χ0n) is 8.54. The average molecular weight is 242 g/mol. The van der Waals surface area contributed by atoms with Crippen molar-refractivity contribution in [3.63, 3.8) is 0 Å². The summed E-state index contributed by atoms with van der Waals surface area (Å²) in [6.45, 7) is 0. The van der Waals surface area contributed by atoms with E-state index >= 15 is 0 Å². The van der Waals surface area contributed by atoms with Gasteiger partial charge in [-0.2, -0.15) is 0 Å². The number of hydrogen-bond donors (Lipinski definition) is 2. The average Bonchev–Trinajstić information content (AvgIpc) is 2.97. The van der Waals surface area contributed by atoms with Gasteiger partial charge in [0.05, 0.1) is 11.0 Å². The minimum absolute atomic E-state index is 0.226. The van der Waals surface area contributed by atoms with Gasteiger partial charge in [0.1, 0.15) is 11.6 Å². The summed E-state index contributed by atoms with van der Waals surface area (Å²) in [5.41, 5.74) is -2.36. The number of carboxylic acid groups (broad SMARTS) is 2. The number of rotatable bonds is 3. The van der Waals surface area contributed by atoms with E-state index in [0.717, 1.165) is 6.07 Å². The largest absolute Gasteiger partial charge is 0.481 e. The van der Waals surface area contributed by atoms with Gasteiger partial charge in [-0.05, 0) is 18.9 Å².